The van der Waals surface area contributed by atoms with Crippen molar-refractivity contribution in [3.05, 3.63) is 32.5 Å². The van der Waals surface area contributed by atoms with Gasteiger partial charge in [-0.1, -0.05) is 17.8 Å². The molecule has 0 aliphatic carbocycles. The lowest BCUT2D eigenvalue weighted by molar-refractivity contribution is 0.815. The highest BCUT2D eigenvalue weighted by Gasteiger charge is 2.17. The van der Waals surface area contributed by atoms with E-state index < -0.39 is 0 Å². The highest BCUT2D eigenvalue weighted by Crippen LogP contribution is 2.28. The summed E-state index contributed by atoms with van der Waals surface area (Å²) >= 11 is 3.15. The predicted octanol–water partition coefficient (Wildman–Crippen LogP) is 2.91. The molecule has 0 fully saturated rings. The van der Waals surface area contributed by atoms with Crippen LogP contribution in [-0.4, -0.2) is 9.59 Å². The van der Waals surface area contributed by atoms with Gasteiger partial charge in [0.2, 0.25) is 0 Å². The fourth-order valence-corrected chi connectivity index (χ4v) is 3.11. The van der Waals surface area contributed by atoms with Crippen LogP contribution in [0.3, 0.4) is 0 Å². The van der Waals surface area contributed by atoms with Gasteiger partial charge in [0.25, 0.3) is 0 Å². The Balaban J connectivity index is 2.26. The molecule has 2 rings (SSSR count). The van der Waals surface area contributed by atoms with E-state index >= 15 is 0 Å². The number of rotatable bonds is 4. The molecule has 2 N–H and O–H groups in total. The van der Waals surface area contributed by atoms with Crippen molar-refractivity contribution in [1.82, 2.24) is 9.59 Å². The minimum Gasteiger partial charge on any atom is -0.319 e. The second-order valence-electron chi connectivity index (χ2n) is 3.80. The molecule has 0 amide bonds. The minimum absolute atomic E-state index is 0.0634. The summed E-state index contributed by atoms with van der Waals surface area (Å²) in [6, 6.07) is 2.08. The zero-order valence-electron chi connectivity index (χ0n) is 9.43. The Morgan fingerprint density at radius 3 is 2.94 bits per heavy atom. The Labute approximate surface area is 103 Å². The largest absolute Gasteiger partial charge is 0.319 e. The molecular formula is C11H15N3S2. The van der Waals surface area contributed by atoms with Gasteiger partial charge in [0, 0.05) is 4.88 Å². The SMILES string of the molecule is CCCc1nnsc1C(N)c1csc(C)c1. The fraction of sp³-hybridized carbons (Fsp3) is 0.455. The lowest BCUT2D eigenvalue weighted by atomic mass is 10.1. The molecule has 86 valence electrons. The van der Waals surface area contributed by atoms with Gasteiger partial charge < -0.3 is 5.73 Å². The summed E-state index contributed by atoms with van der Waals surface area (Å²) in [4.78, 5) is 2.40. The number of thiophene rings is 1. The number of aromatic nitrogens is 2. The first-order valence-electron chi connectivity index (χ1n) is 5.34. The molecule has 0 saturated heterocycles. The summed E-state index contributed by atoms with van der Waals surface area (Å²) < 4.78 is 4.01. The van der Waals surface area contributed by atoms with E-state index in [1.165, 1.54) is 22.0 Å². The monoisotopic (exact) mass is 253 g/mol. The maximum absolute atomic E-state index is 6.24. The fourth-order valence-electron chi connectivity index (χ4n) is 1.64. The number of nitrogens with two attached hydrogens (primary N) is 1. The Bertz CT molecular complexity index is 461. The van der Waals surface area contributed by atoms with Gasteiger partial charge in [-0.15, -0.1) is 16.4 Å². The molecule has 0 bridgehead atoms. The molecule has 3 nitrogen and oxygen atoms in total. The van der Waals surface area contributed by atoms with Crippen LogP contribution in [0.1, 0.15) is 40.4 Å². The predicted molar refractivity (Wildman–Crippen MR) is 69.0 cm³/mol. The van der Waals surface area contributed by atoms with Crippen molar-refractivity contribution < 1.29 is 0 Å². The highest BCUT2D eigenvalue weighted by molar-refractivity contribution is 7.10. The second-order valence-corrected chi connectivity index (χ2v) is 5.70. The summed E-state index contributed by atoms with van der Waals surface area (Å²) in [6.07, 6.45) is 2.04. The first-order valence-corrected chi connectivity index (χ1v) is 6.99. The summed E-state index contributed by atoms with van der Waals surface area (Å²) in [5.74, 6) is 0. The van der Waals surface area contributed by atoms with Gasteiger partial charge in [-0.05, 0) is 41.9 Å². The van der Waals surface area contributed by atoms with Gasteiger partial charge in [-0.2, -0.15) is 0 Å². The third kappa shape index (κ3) is 2.31. The molecule has 0 aromatic carbocycles. The van der Waals surface area contributed by atoms with E-state index in [0.29, 0.717) is 0 Å². The molecule has 5 heteroatoms. The van der Waals surface area contributed by atoms with Crippen LogP contribution in [0.2, 0.25) is 0 Å². The van der Waals surface area contributed by atoms with E-state index in [9.17, 15) is 0 Å². The molecule has 1 unspecified atom stereocenters. The van der Waals surface area contributed by atoms with Crippen molar-refractivity contribution in [2.75, 3.05) is 0 Å². The molecular weight excluding hydrogens is 238 g/mol. The summed E-state index contributed by atoms with van der Waals surface area (Å²) in [5, 5.41) is 6.27. The zero-order valence-corrected chi connectivity index (χ0v) is 11.1. The average molecular weight is 253 g/mol. The average Bonchev–Trinajstić information content (AvgIpc) is 2.87. The molecule has 16 heavy (non-hydrogen) atoms. The van der Waals surface area contributed by atoms with Gasteiger partial charge in [0.15, 0.2) is 0 Å². The third-order valence-electron chi connectivity index (χ3n) is 2.46. The molecule has 2 aromatic heterocycles. The molecule has 0 saturated carbocycles. The van der Waals surface area contributed by atoms with Gasteiger partial charge in [0.05, 0.1) is 16.6 Å². The Morgan fingerprint density at radius 1 is 1.50 bits per heavy atom. The minimum atomic E-state index is -0.0634. The number of hydrogen-bond acceptors (Lipinski definition) is 5. The molecule has 2 heterocycles. The van der Waals surface area contributed by atoms with Crippen molar-refractivity contribution in [2.24, 2.45) is 5.73 Å². The van der Waals surface area contributed by atoms with Crippen molar-refractivity contribution in [3.63, 3.8) is 0 Å². The molecule has 0 radical (unpaired) electrons. The summed E-state index contributed by atoms with van der Waals surface area (Å²) in [7, 11) is 0. The van der Waals surface area contributed by atoms with Crippen LogP contribution >= 0.6 is 22.9 Å². The molecule has 2 aromatic rings. The van der Waals surface area contributed by atoms with Crippen LogP contribution in [-0.2, 0) is 6.42 Å². The van der Waals surface area contributed by atoms with Crippen molar-refractivity contribution >= 4 is 22.9 Å². The smallest absolute Gasteiger partial charge is 0.0807 e. The number of nitrogens with zero attached hydrogens (tertiary/aromatic N) is 2. The maximum atomic E-state index is 6.24. The van der Waals surface area contributed by atoms with Crippen LogP contribution in [0.15, 0.2) is 11.4 Å². The van der Waals surface area contributed by atoms with Crippen molar-refractivity contribution in [3.8, 4) is 0 Å². The Morgan fingerprint density at radius 2 is 2.31 bits per heavy atom. The van der Waals surface area contributed by atoms with Gasteiger partial charge in [-0.3, -0.25) is 0 Å². The van der Waals surface area contributed by atoms with E-state index in [4.69, 9.17) is 5.73 Å². The number of hydrogen-bond donors (Lipinski definition) is 1. The molecule has 1 atom stereocenters. The van der Waals surface area contributed by atoms with Gasteiger partial charge in [0.1, 0.15) is 0 Å². The van der Waals surface area contributed by atoms with E-state index in [1.807, 2.05) is 0 Å². The Hall–Kier alpha value is -0.780. The lowest BCUT2D eigenvalue weighted by Crippen LogP contribution is -2.11. The standard InChI is InChI=1S/C11H15N3S2/c1-3-4-9-11(16-14-13-9)10(12)8-5-7(2)15-6-8/h5-6,10H,3-4,12H2,1-2H3. The normalized spacial score (nSPS) is 12.9. The third-order valence-corrected chi connectivity index (χ3v) is 4.19. The maximum Gasteiger partial charge on any atom is 0.0807 e. The van der Waals surface area contributed by atoms with E-state index in [-0.39, 0.29) is 6.04 Å². The van der Waals surface area contributed by atoms with Crippen LogP contribution in [0.25, 0.3) is 0 Å². The van der Waals surface area contributed by atoms with Crippen LogP contribution in [0, 0.1) is 6.92 Å². The van der Waals surface area contributed by atoms with E-state index in [0.717, 1.165) is 23.4 Å². The van der Waals surface area contributed by atoms with Crippen LogP contribution in [0.5, 0.6) is 0 Å². The van der Waals surface area contributed by atoms with Gasteiger partial charge >= 0.3 is 0 Å². The number of aryl methyl sites for hydroxylation is 2. The molecule has 0 aliphatic rings. The van der Waals surface area contributed by atoms with Gasteiger partial charge in [-0.25, -0.2) is 0 Å². The summed E-state index contributed by atoms with van der Waals surface area (Å²) in [5.41, 5.74) is 8.47. The first kappa shape index (κ1) is 11.7. The van der Waals surface area contributed by atoms with Crippen LogP contribution in [0.4, 0.5) is 0 Å². The first-order chi connectivity index (χ1) is 7.72. The lowest BCUT2D eigenvalue weighted by Gasteiger charge is -2.08. The second kappa shape index (κ2) is 5.03. The molecule has 0 spiro atoms. The zero-order chi connectivity index (χ0) is 11.5. The quantitative estimate of drug-likeness (QED) is 0.911. The van der Waals surface area contributed by atoms with Crippen LogP contribution < -0.4 is 5.73 Å². The van der Waals surface area contributed by atoms with E-state index in [2.05, 4.69) is 34.9 Å². The van der Waals surface area contributed by atoms with Crippen molar-refractivity contribution in [1.29, 1.82) is 0 Å². The Kier molecular flexibility index (Phi) is 3.68. The topological polar surface area (TPSA) is 51.8 Å². The molecule has 0 aliphatic heterocycles. The van der Waals surface area contributed by atoms with E-state index in [1.54, 1.807) is 11.3 Å². The summed E-state index contributed by atoms with van der Waals surface area (Å²) in [6.45, 7) is 4.24. The highest BCUT2D eigenvalue weighted by atomic mass is 32.1. The van der Waals surface area contributed by atoms with Crippen molar-refractivity contribution in [2.45, 2.75) is 32.7 Å².